The molecule has 148 valence electrons. The second kappa shape index (κ2) is 11.5. The molecule has 4 nitrogen and oxygen atoms in total. The lowest BCUT2D eigenvalue weighted by molar-refractivity contribution is -0.134. The van der Waals surface area contributed by atoms with Crippen LogP contribution in [0.25, 0.3) is 0 Å². The Kier molecular flexibility index (Phi) is 10.1. The number of rotatable bonds is 5. The third kappa shape index (κ3) is 6.98. The van der Waals surface area contributed by atoms with E-state index >= 15 is 0 Å². The zero-order valence-corrected chi connectivity index (χ0v) is 17.5. The molecule has 0 saturated carbocycles. The van der Waals surface area contributed by atoms with Gasteiger partial charge in [-0.05, 0) is 29.7 Å². The first-order valence-corrected chi connectivity index (χ1v) is 9.05. The fourth-order valence-electron chi connectivity index (χ4n) is 3.21. The maximum atomic E-state index is 12.6. The molecule has 1 heterocycles. The highest BCUT2D eigenvalue weighted by Gasteiger charge is 2.25. The van der Waals surface area contributed by atoms with Crippen molar-refractivity contribution in [1.82, 2.24) is 9.80 Å². The fraction of sp³-hybridized carbons (Fsp3) is 0.350. The van der Waals surface area contributed by atoms with E-state index in [1.807, 2.05) is 53.4 Å². The van der Waals surface area contributed by atoms with Gasteiger partial charge in [-0.1, -0.05) is 54.1 Å². The molecule has 1 aliphatic heterocycles. The van der Waals surface area contributed by atoms with E-state index in [2.05, 4.69) is 11.0 Å². The molecule has 27 heavy (non-hydrogen) atoms. The number of nitrogens with two attached hydrogens (primary N) is 1. The van der Waals surface area contributed by atoms with Gasteiger partial charge in [0.1, 0.15) is 0 Å². The van der Waals surface area contributed by atoms with Crippen LogP contribution in [0.1, 0.15) is 11.1 Å². The molecule has 0 bridgehead atoms. The summed E-state index contributed by atoms with van der Waals surface area (Å²) in [5.74, 6) is 0.0475. The van der Waals surface area contributed by atoms with Gasteiger partial charge < -0.3 is 10.6 Å². The molecule has 1 unspecified atom stereocenters. The number of hydrogen-bond donors (Lipinski definition) is 1. The first-order chi connectivity index (χ1) is 12.1. The van der Waals surface area contributed by atoms with E-state index in [1.165, 1.54) is 5.56 Å². The Morgan fingerprint density at radius 3 is 2.22 bits per heavy atom. The van der Waals surface area contributed by atoms with Gasteiger partial charge in [0.15, 0.2) is 0 Å². The third-order valence-electron chi connectivity index (χ3n) is 4.59. The zero-order chi connectivity index (χ0) is 17.6. The van der Waals surface area contributed by atoms with Crippen molar-refractivity contribution in [2.75, 3.05) is 26.2 Å². The lowest BCUT2D eigenvalue weighted by atomic mass is 10.1. The molecule has 1 fully saturated rings. The number of amides is 1. The Hall–Kier alpha value is -1.30. The second-order valence-corrected chi connectivity index (χ2v) is 6.96. The Bertz CT molecular complexity index is 707. The van der Waals surface area contributed by atoms with Crippen LogP contribution in [0.5, 0.6) is 0 Å². The maximum absolute atomic E-state index is 12.6. The van der Waals surface area contributed by atoms with Crippen molar-refractivity contribution in [2.45, 2.75) is 19.0 Å². The minimum Gasteiger partial charge on any atom is -0.339 e. The van der Waals surface area contributed by atoms with Crippen molar-refractivity contribution in [3.8, 4) is 0 Å². The van der Waals surface area contributed by atoms with E-state index in [0.717, 1.165) is 43.3 Å². The van der Waals surface area contributed by atoms with Crippen LogP contribution in [0.3, 0.4) is 0 Å². The van der Waals surface area contributed by atoms with Crippen molar-refractivity contribution in [2.24, 2.45) is 5.73 Å². The summed E-state index contributed by atoms with van der Waals surface area (Å²) >= 11 is 6.04. The van der Waals surface area contributed by atoms with E-state index in [9.17, 15) is 4.79 Å². The van der Waals surface area contributed by atoms with Crippen molar-refractivity contribution < 1.29 is 4.79 Å². The number of benzene rings is 2. The molecule has 1 saturated heterocycles. The Labute approximate surface area is 178 Å². The molecule has 1 amide bonds. The van der Waals surface area contributed by atoms with Crippen LogP contribution in [0, 0.1) is 0 Å². The van der Waals surface area contributed by atoms with Crippen LogP contribution >= 0.6 is 36.4 Å². The molecule has 0 radical (unpaired) electrons. The van der Waals surface area contributed by atoms with E-state index < -0.39 is 6.04 Å². The van der Waals surface area contributed by atoms with Gasteiger partial charge in [-0.3, -0.25) is 9.69 Å². The topological polar surface area (TPSA) is 49.6 Å². The maximum Gasteiger partial charge on any atom is 0.239 e. The van der Waals surface area contributed by atoms with Crippen molar-refractivity contribution >= 4 is 42.3 Å². The minimum atomic E-state index is -0.470. The molecule has 2 N–H and O–H groups in total. The van der Waals surface area contributed by atoms with E-state index in [1.54, 1.807) is 0 Å². The molecule has 2 aromatic carbocycles. The molecule has 1 aliphatic rings. The summed E-state index contributed by atoms with van der Waals surface area (Å²) in [7, 11) is 0. The average molecular weight is 431 g/mol. The number of carbonyl (C=O) groups excluding carboxylic acids is 1. The first-order valence-electron chi connectivity index (χ1n) is 8.67. The number of carbonyl (C=O) groups is 1. The molecular formula is C20H26Cl3N3O. The predicted octanol–water partition coefficient (Wildman–Crippen LogP) is 3.40. The van der Waals surface area contributed by atoms with E-state index in [4.69, 9.17) is 17.3 Å². The van der Waals surface area contributed by atoms with Gasteiger partial charge in [0.25, 0.3) is 0 Å². The largest absolute Gasteiger partial charge is 0.339 e. The summed E-state index contributed by atoms with van der Waals surface area (Å²) in [6.07, 6.45) is 0.586. The third-order valence-corrected chi connectivity index (χ3v) is 4.83. The summed E-state index contributed by atoms with van der Waals surface area (Å²) in [5.41, 5.74) is 8.44. The van der Waals surface area contributed by atoms with Crippen LogP contribution in [-0.2, 0) is 17.8 Å². The number of hydrogen-bond acceptors (Lipinski definition) is 3. The Morgan fingerprint density at radius 2 is 1.59 bits per heavy atom. The fourth-order valence-corrected chi connectivity index (χ4v) is 3.42. The summed E-state index contributed by atoms with van der Waals surface area (Å²) in [4.78, 5) is 16.8. The monoisotopic (exact) mass is 429 g/mol. The summed E-state index contributed by atoms with van der Waals surface area (Å²) in [5, 5.41) is 0.762. The standard InChI is InChI=1S/C20H24ClN3O.2ClH/c21-18-8-4-7-17(13-18)15-23-9-11-24(12-10-23)20(25)19(22)14-16-5-2-1-3-6-16;;/h1-8,13,19H,9-12,14-15,22H2;2*1H. The Balaban J connectivity index is 0.00000182. The summed E-state index contributed by atoms with van der Waals surface area (Å²) in [6, 6.07) is 17.4. The molecule has 2 aromatic rings. The van der Waals surface area contributed by atoms with Gasteiger partial charge in [0, 0.05) is 37.7 Å². The van der Waals surface area contributed by atoms with Crippen LogP contribution in [0.4, 0.5) is 0 Å². The molecule has 0 aromatic heterocycles. The molecule has 0 spiro atoms. The lowest BCUT2D eigenvalue weighted by Gasteiger charge is -2.36. The molecule has 7 heteroatoms. The van der Waals surface area contributed by atoms with E-state index in [0.29, 0.717) is 6.42 Å². The molecule has 0 aliphatic carbocycles. The Morgan fingerprint density at radius 1 is 0.963 bits per heavy atom. The molecule has 3 rings (SSSR count). The van der Waals surface area contributed by atoms with Gasteiger partial charge in [-0.15, -0.1) is 24.8 Å². The normalized spacial score (nSPS) is 15.4. The van der Waals surface area contributed by atoms with Gasteiger partial charge in [-0.2, -0.15) is 0 Å². The van der Waals surface area contributed by atoms with Crippen LogP contribution in [0.2, 0.25) is 5.02 Å². The van der Waals surface area contributed by atoms with Crippen LogP contribution < -0.4 is 5.73 Å². The highest BCUT2D eigenvalue weighted by atomic mass is 35.5. The van der Waals surface area contributed by atoms with Gasteiger partial charge in [-0.25, -0.2) is 0 Å². The molecular weight excluding hydrogens is 405 g/mol. The summed E-state index contributed by atoms with van der Waals surface area (Å²) in [6.45, 7) is 4.02. The lowest BCUT2D eigenvalue weighted by Crippen LogP contribution is -2.53. The predicted molar refractivity (Wildman–Crippen MR) is 116 cm³/mol. The van der Waals surface area contributed by atoms with Crippen LogP contribution in [0.15, 0.2) is 54.6 Å². The first kappa shape index (κ1) is 23.7. The van der Waals surface area contributed by atoms with Crippen LogP contribution in [-0.4, -0.2) is 47.9 Å². The van der Waals surface area contributed by atoms with Crippen molar-refractivity contribution in [1.29, 1.82) is 0 Å². The number of nitrogens with zero attached hydrogens (tertiary/aromatic N) is 2. The minimum absolute atomic E-state index is 0. The number of piperazine rings is 1. The smallest absolute Gasteiger partial charge is 0.239 e. The second-order valence-electron chi connectivity index (χ2n) is 6.53. The zero-order valence-electron chi connectivity index (χ0n) is 15.1. The highest BCUT2D eigenvalue weighted by molar-refractivity contribution is 6.30. The molecule has 1 atom stereocenters. The van der Waals surface area contributed by atoms with E-state index in [-0.39, 0.29) is 30.7 Å². The summed E-state index contributed by atoms with van der Waals surface area (Å²) < 4.78 is 0. The van der Waals surface area contributed by atoms with Crippen molar-refractivity contribution in [3.63, 3.8) is 0 Å². The van der Waals surface area contributed by atoms with Gasteiger partial charge >= 0.3 is 0 Å². The quantitative estimate of drug-likeness (QED) is 0.791. The number of halogens is 3. The SMILES string of the molecule is Cl.Cl.NC(Cc1ccccc1)C(=O)N1CCN(Cc2cccc(Cl)c2)CC1. The average Bonchev–Trinajstić information content (AvgIpc) is 2.62. The van der Waals surface area contributed by atoms with Gasteiger partial charge in [0.2, 0.25) is 5.91 Å². The van der Waals surface area contributed by atoms with Crippen molar-refractivity contribution in [3.05, 3.63) is 70.7 Å². The van der Waals surface area contributed by atoms with Gasteiger partial charge in [0.05, 0.1) is 6.04 Å². The highest BCUT2D eigenvalue weighted by Crippen LogP contribution is 2.14.